The van der Waals surface area contributed by atoms with Crippen molar-refractivity contribution in [3.63, 3.8) is 0 Å². The third-order valence-electron chi connectivity index (χ3n) is 26.9. The number of rotatable bonds is 29. The van der Waals surface area contributed by atoms with Gasteiger partial charge in [0, 0.05) is 137 Å². The number of quaternary nitrogens is 1. The van der Waals surface area contributed by atoms with Crippen LogP contribution in [-0.4, -0.2) is 233 Å². The Morgan fingerprint density at radius 2 is 1.14 bits per heavy atom. The molecule has 3 heterocycles. The van der Waals surface area contributed by atoms with Crippen LogP contribution in [0.25, 0.3) is 22.3 Å². The predicted molar refractivity (Wildman–Crippen MR) is 443 cm³/mol. The van der Waals surface area contributed by atoms with Gasteiger partial charge >= 0.3 is 0 Å². The maximum atomic E-state index is 14.3. The number of amides is 5. The first kappa shape index (κ1) is 87.1. The van der Waals surface area contributed by atoms with Crippen LogP contribution in [0.15, 0.2) is 83.7 Å². The van der Waals surface area contributed by atoms with E-state index in [1.54, 1.807) is 77.3 Å². The molecule has 14 rings (SSSR count). The van der Waals surface area contributed by atoms with Crippen molar-refractivity contribution in [2.24, 2.45) is 64.1 Å². The van der Waals surface area contributed by atoms with Crippen LogP contribution in [0.2, 0.25) is 0 Å². The van der Waals surface area contributed by atoms with Gasteiger partial charge in [0.2, 0.25) is 17.7 Å². The van der Waals surface area contributed by atoms with Crippen molar-refractivity contribution in [3.05, 3.63) is 112 Å². The molecular weight excluding hydrogens is 1460 g/mol. The van der Waals surface area contributed by atoms with Crippen molar-refractivity contribution in [1.82, 2.24) is 41.3 Å². The van der Waals surface area contributed by atoms with Crippen LogP contribution in [0.5, 0.6) is 11.5 Å². The lowest BCUT2D eigenvalue weighted by Crippen LogP contribution is -2.62. The summed E-state index contributed by atoms with van der Waals surface area (Å²) in [4.78, 5) is 92.2. The molecule has 5 amide bonds. The highest BCUT2D eigenvalue weighted by Crippen LogP contribution is 2.62. The Labute approximate surface area is 679 Å². The SMILES string of the molecule is COc1c(CN2O[C@@H](CO)[C@@H]([C@H](C)O)[C@H]2C(=O)N[C@H]2C[C@H]3C[C@@H]([C@@H]2C)C3(C)C)cccc1-c1cc(C(=O)N[C@@H](Cc2cscn2)C(=O)N(C)C)cc(N(C)C)c1.COc1c(CN2O[C@@H](CO)[C@H]([C@H](C)O)[C@H]2C(=O)N[C@H]2C[C@H]3C[C@@H]([C@@H]2C)C3(C)C)cccc1-c1cc(C(=O)N[C@H](C[N+](C)(C)[B-]C#N)C2CCCCC2)cc(N(C)C)c1. The highest BCUT2D eigenvalue weighted by Gasteiger charge is 2.59. The molecular formula is C87H125BN12O13S. The highest BCUT2D eigenvalue weighted by molar-refractivity contribution is 7.07. The molecule has 5 aromatic rings. The van der Waals surface area contributed by atoms with Crippen LogP contribution in [0.1, 0.15) is 151 Å². The smallest absolute Gasteiger partial charge is 0.252 e. The number of benzene rings is 4. The van der Waals surface area contributed by atoms with E-state index < -0.39 is 60.3 Å². The fourth-order valence-corrected chi connectivity index (χ4v) is 20.7. The van der Waals surface area contributed by atoms with Gasteiger partial charge in [0.15, 0.2) is 0 Å². The molecule has 25 nitrogen and oxygen atoms in total. The van der Waals surface area contributed by atoms with Crippen LogP contribution in [0, 0.1) is 75.3 Å². The maximum Gasteiger partial charge on any atom is 0.252 e. The van der Waals surface area contributed by atoms with Crippen molar-refractivity contribution in [2.75, 3.05) is 100 Å². The number of hydroxylamine groups is 4. The Balaban J connectivity index is 0.000000225. The number of nitriles is 1. The summed E-state index contributed by atoms with van der Waals surface area (Å²) in [7, 11) is 19.8. The highest BCUT2D eigenvalue weighted by atomic mass is 32.1. The summed E-state index contributed by atoms with van der Waals surface area (Å²) in [5, 5.41) is 70.3. The molecule has 2 radical (unpaired) electrons. The van der Waals surface area contributed by atoms with Crippen molar-refractivity contribution in [2.45, 2.75) is 193 Å². The van der Waals surface area contributed by atoms with Crippen LogP contribution >= 0.6 is 11.3 Å². The second-order valence-electron chi connectivity index (χ2n) is 35.9. The van der Waals surface area contributed by atoms with E-state index in [1.165, 1.54) is 35.5 Å². The summed E-state index contributed by atoms with van der Waals surface area (Å²) in [6.07, 6.45) is 6.65. The number of hydrogen-bond donors (Lipinski definition) is 8. The van der Waals surface area contributed by atoms with Gasteiger partial charge in [0.1, 0.15) is 49.2 Å². The first-order chi connectivity index (χ1) is 54.0. The molecule has 0 unspecified atom stereocenters. The number of nitrogens with one attached hydrogen (secondary N) is 4. The molecule has 8 N–H and O–H groups in total. The number of nitrogens with zero attached hydrogens (tertiary/aromatic N) is 8. The van der Waals surface area contributed by atoms with Gasteiger partial charge in [-0.2, -0.15) is 10.1 Å². The molecule has 9 fully saturated rings. The van der Waals surface area contributed by atoms with Gasteiger partial charge in [-0.3, -0.25) is 33.6 Å². The van der Waals surface area contributed by atoms with Crippen molar-refractivity contribution in [3.8, 4) is 39.7 Å². The Morgan fingerprint density at radius 1 is 0.684 bits per heavy atom. The first-order valence-electron chi connectivity index (χ1n) is 40.8. The number of fused-ring (bicyclic) bond motifs is 4. The van der Waals surface area contributed by atoms with E-state index in [0.29, 0.717) is 91.7 Å². The molecule has 18 atom stereocenters. The number of hydrogen-bond acceptors (Lipinski definition) is 20. The van der Waals surface area contributed by atoms with Crippen LogP contribution < -0.4 is 40.5 Å². The Morgan fingerprint density at radius 3 is 1.52 bits per heavy atom. The number of carbonyl (C=O) groups excluding carboxylic acids is 5. The summed E-state index contributed by atoms with van der Waals surface area (Å²) in [5.41, 5.74) is 9.87. The number of carbonyl (C=O) groups is 5. The predicted octanol–water partition coefficient (Wildman–Crippen LogP) is 8.92. The van der Waals surface area contributed by atoms with Gasteiger partial charge in [0.25, 0.3) is 11.8 Å². The number of methoxy groups -OCH3 is 2. The summed E-state index contributed by atoms with van der Waals surface area (Å²) < 4.78 is 12.6. The van der Waals surface area contributed by atoms with Crippen molar-refractivity contribution >= 4 is 59.7 Å². The van der Waals surface area contributed by atoms with Gasteiger partial charge in [-0.05, 0) is 152 Å². The third-order valence-corrected chi connectivity index (χ3v) is 27.6. The fraction of sp³-hybridized carbons (Fsp3) is 0.621. The lowest BCUT2D eigenvalue weighted by molar-refractivity contribution is -0.779. The molecule has 0 spiro atoms. The van der Waals surface area contributed by atoms with Gasteiger partial charge in [-0.1, -0.05) is 97.2 Å². The van der Waals surface area contributed by atoms with E-state index in [-0.39, 0.29) is 85.3 Å². The monoisotopic (exact) mass is 1590 g/mol. The number of anilines is 2. The van der Waals surface area contributed by atoms with Gasteiger partial charge in [0.05, 0.1) is 76.5 Å². The second kappa shape index (κ2) is 36.4. The minimum atomic E-state index is -0.926. The van der Waals surface area contributed by atoms with E-state index in [1.807, 2.05) is 118 Å². The van der Waals surface area contributed by atoms with E-state index in [9.17, 15) is 49.7 Å². The van der Waals surface area contributed by atoms with E-state index in [2.05, 4.69) is 73.8 Å². The number of ether oxygens (including phenoxy) is 2. The van der Waals surface area contributed by atoms with E-state index in [0.717, 1.165) is 72.3 Å². The molecule has 4 aromatic carbocycles. The summed E-state index contributed by atoms with van der Waals surface area (Å²) in [6.45, 7) is 17.2. The molecule has 2 aliphatic heterocycles. The first-order valence-corrected chi connectivity index (χ1v) is 41.8. The molecule has 114 heavy (non-hydrogen) atoms. The van der Waals surface area contributed by atoms with E-state index >= 15 is 0 Å². The molecule has 27 heteroatoms. The minimum Gasteiger partial charge on any atom is -0.551 e. The largest absolute Gasteiger partial charge is 0.551 e. The molecule has 4 bridgehead atoms. The zero-order valence-corrected chi connectivity index (χ0v) is 71.0. The number of thiazole rings is 1. The lowest BCUT2D eigenvalue weighted by atomic mass is 9.45. The maximum absolute atomic E-state index is 14.3. The van der Waals surface area contributed by atoms with E-state index in [4.69, 9.17) is 19.1 Å². The van der Waals surface area contributed by atoms with Gasteiger partial charge in [-0.25, -0.2) is 10.2 Å². The Hall–Kier alpha value is -7.75. The third kappa shape index (κ3) is 18.6. The molecule has 620 valence electrons. The summed E-state index contributed by atoms with van der Waals surface area (Å²) in [5.74, 6) is 3.88. The molecule has 1 aromatic heterocycles. The van der Waals surface area contributed by atoms with Crippen LogP contribution in [0.4, 0.5) is 11.4 Å². The van der Waals surface area contributed by atoms with Crippen molar-refractivity contribution < 1.29 is 67.9 Å². The number of aromatic nitrogens is 1. The van der Waals surface area contributed by atoms with Gasteiger partial charge in [-0.15, -0.1) is 17.3 Å². The average Bonchev–Trinajstić information content (AvgIpc) is 0.947. The number of likely N-dealkylation sites (N-methyl/N-ethyl adjacent to an activating group) is 2. The zero-order chi connectivity index (χ0) is 82.7. The van der Waals surface area contributed by atoms with Crippen molar-refractivity contribution in [1.29, 1.82) is 5.26 Å². The molecule has 9 aliphatic rings. The zero-order valence-electron chi connectivity index (χ0n) is 70.2. The minimum absolute atomic E-state index is 0.0146. The average molecular weight is 1590 g/mol. The number of aliphatic hydroxyl groups is 4. The van der Waals surface area contributed by atoms with Crippen LogP contribution in [0.3, 0.4) is 0 Å². The number of aliphatic hydroxyl groups excluding tert-OH is 4. The number of para-hydroxylation sites is 2. The summed E-state index contributed by atoms with van der Waals surface area (Å²) >= 11 is 1.43. The topological polar surface area (TPSA) is 304 Å². The second-order valence-corrected chi connectivity index (χ2v) is 36.7. The summed E-state index contributed by atoms with van der Waals surface area (Å²) in [6, 6.07) is 20.2. The quantitative estimate of drug-likeness (QED) is 0.0207. The van der Waals surface area contributed by atoms with Crippen LogP contribution in [-0.2, 0) is 43.6 Å². The standard InChI is InChI=1S/C45H66BN6O6.C42H58N6O7S/c1-27-36-21-33(45(36,3)4)22-37(27)48-44(56)41-40(28(2)54)39(25-53)58-51(41)23-30-16-13-17-35(42(30)57-9)31-18-32(20-34(19-31)50(5)6)43(55)49-38(24-52(7,8)46-26-47)29-14-11-10-12-15-29;1-23-32-16-28(42(32,3)4)17-33(23)44-40(52)37-36(24(2)50)35(20-49)55-48(37)19-25-11-10-12-31(38(25)54-9)26-13-27(15-30(14-26)46(5)6)39(51)45-34(41(53)47(7)8)18-29-21-56-22-43-29/h13,16-20,27-29,33,36-41,53-54H,10-12,14-15,21-25H2,1-9H3,(H-,48,49,55,56);10-15,21-24,28,32-37,49-50H,16-20H2,1-9H3,(H,44,52)(H,45,51)/q-1;/p+1/t27-,28-,33+,36-,37-,38+,39-,40-,41-;23-,24-,28+,32-,33-,34-,35-,36+,37-/m00/s1. The Bertz CT molecular complexity index is 4240. The normalized spacial score (nSPS) is 27.3. The Kier molecular flexibility index (Phi) is 27.8. The molecule has 7 saturated carbocycles. The molecule has 2 saturated heterocycles. The van der Waals surface area contributed by atoms with Gasteiger partial charge < -0.3 is 70.3 Å². The molecule has 7 aliphatic carbocycles. The fourth-order valence-electron chi connectivity index (χ4n) is 20.1. The lowest BCUT2D eigenvalue weighted by Gasteiger charge is -2.62.